The highest BCUT2D eigenvalue weighted by atomic mass is 16.3. The molecule has 1 aliphatic carbocycles. The van der Waals surface area contributed by atoms with Crippen LogP contribution in [0.15, 0.2) is 35.1 Å². The minimum atomic E-state index is -0.291. The predicted octanol–water partition coefficient (Wildman–Crippen LogP) is 3.32. The first-order valence-electron chi connectivity index (χ1n) is 5.14. The second kappa shape index (κ2) is 4.05. The van der Waals surface area contributed by atoms with E-state index in [1.165, 1.54) is 6.92 Å². The summed E-state index contributed by atoms with van der Waals surface area (Å²) in [5.74, 6) is -0.451. The Morgan fingerprint density at radius 2 is 2.13 bits per heavy atom. The van der Waals surface area contributed by atoms with Gasteiger partial charge in [-0.2, -0.15) is 0 Å². The van der Waals surface area contributed by atoms with Gasteiger partial charge < -0.3 is 5.11 Å². The Labute approximate surface area is 91.0 Å². The molecule has 0 amide bonds. The molecule has 0 heterocycles. The molecule has 1 N–H and O–H groups in total. The minimum Gasteiger partial charge on any atom is -0.504 e. The van der Waals surface area contributed by atoms with Crippen LogP contribution in [0.3, 0.4) is 0 Å². The minimum absolute atomic E-state index is 0.0116. The van der Waals surface area contributed by atoms with Gasteiger partial charge in [0.2, 0.25) is 0 Å². The van der Waals surface area contributed by atoms with Crippen LogP contribution < -0.4 is 0 Å². The van der Waals surface area contributed by atoms with Crippen molar-refractivity contribution in [2.45, 2.75) is 34.1 Å². The smallest absolute Gasteiger partial charge is 0.194 e. The van der Waals surface area contributed by atoms with Crippen molar-refractivity contribution in [3.05, 3.63) is 35.1 Å². The van der Waals surface area contributed by atoms with Crippen molar-refractivity contribution in [3.8, 4) is 0 Å². The van der Waals surface area contributed by atoms with Crippen LogP contribution in [0.1, 0.15) is 34.1 Å². The molecule has 0 aromatic heterocycles. The highest BCUT2D eigenvalue weighted by Gasteiger charge is 2.25. The summed E-state index contributed by atoms with van der Waals surface area (Å²) in [5.41, 5.74) is 2.14. The summed E-state index contributed by atoms with van der Waals surface area (Å²) in [6, 6.07) is 0. The second-order valence-corrected chi connectivity index (χ2v) is 4.67. The molecule has 0 bridgehead atoms. The fourth-order valence-corrected chi connectivity index (χ4v) is 1.81. The van der Waals surface area contributed by atoms with Crippen molar-refractivity contribution in [1.29, 1.82) is 0 Å². The molecule has 1 aliphatic rings. The number of aliphatic hydroxyl groups is 1. The maximum absolute atomic E-state index is 11.0. The zero-order valence-corrected chi connectivity index (χ0v) is 9.79. The molecule has 15 heavy (non-hydrogen) atoms. The lowest BCUT2D eigenvalue weighted by Crippen LogP contribution is -2.17. The van der Waals surface area contributed by atoms with E-state index in [9.17, 15) is 9.90 Å². The highest BCUT2D eigenvalue weighted by molar-refractivity contribution is 5.91. The summed E-state index contributed by atoms with van der Waals surface area (Å²) in [5, 5.41) is 9.48. The van der Waals surface area contributed by atoms with Crippen molar-refractivity contribution in [2.24, 2.45) is 5.41 Å². The monoisotopic (exact) mass is 206 g/mol. The van der Waals surface area contributed by atoms with Crippen molar-refractivity contribution in [3.63, 3.8) is 0 Å². The Hall–Kier alpha value is -1.31. The molecule has 0 spiro atoms. The lowest BCUT2D eigenvalue weighted by Gasteiger charge is -2.29. The molecule has 0 unspecified atom stereocenters. The van der Waals surface area contributed by atoms with E-state index in [2.05, 4.69) is 19.9 Å². The third kappa shape index (κ3) is 2.58. The zero-order valence-electron chi connectivity index (χ0n) is 9.79. The van der Waals surface area contributed by atoms with E-state index in [1.807, 2.05) is 13.0 Å². The first-order valence-corrected chi connectivity index (χ1v) is 5.14. The molecular weight excluding hydrogens is 188 g/mol. The molecule has 0 aliphatic heterocycles. The van der Waals surface area contributed by atoms with Gasteiger partial charge in [-0.05, 0) is 36.0 Å². The molecule has 2 nitrogen and oxygen atoms in total. The third-order valence-corrected chi connectivity index (χ3v) is 2.79. The van der Waals surface area contributed by atoms with E-state index >= 15 is 0 Å². The molecular formula is C13H18O2. The number of carbonyl (C=O) groups excluding carboxylic acids is 1. The van der Waals surface area contributed by atoms with Gasteiger partial charge in [-0.15, -0.1) is 0 Å². The van der Waals surface area contributed by atoms with E-state index in [0.29, 0.717) is 0 Å². The van der Waals surface area contributed by atoms with Crippen LogP contribution in [0.25, 0.3) is 0 Å². The largest absolute Gasteiger partial charge is 0.504 e. The van der Waals surface area contributed by atoms with Gasteiger partial charge in [0.1, 0.15) is 0 Å². The molecule has 2 heteroatoms. The molecule has 0 atom stereocenters. The van der Waals surface area contributed by atoms with Crippen LogP contribution in [0.2, 0.25) is 0 Å². The van der Waals surface area contributed by atoms with Gasteiger partial charge in [-0.1, -0.05) is 26.0 Å². The Morgan fingerprint density at radius 1 is 1.53 bits per heavy atom. The van der Waals surface area contributed by atoms with Crippen molar-refractivity contribution in [1.82, 2.24) is 0 Å². The Bertz CT molecular complexity index is 368. The maximum Gasteiger partial charge on any atom is 0.194 e. The summed E-state index contributed by atoms with van der Waals surface area (Å²) in [4.78, 5) is 11.0. The number of Topliss-reactive ketones (excluding diaryl/α,β-unsaturated/α-hetero) is 1. The molecule has 1 rings (SSSR count). The average molecular weight is 206 g/mol. The van der Waals surface area contributed by atoms with Gasteiger partial charge in [0.05, 0.1) is 0 Å². The third-order valence-electron chi connectivity index (χ3n) is 2.79. The maximum atomic E-state index is 11.0. The van der Waals surface area contributed by atoms with Gasteiger partial charge >= 0.3 is 0 Å². The van der Waals surface area contributed by atoms with Crippen LogP contribution in [0.5, 0.6) is 0 Å². The average Bonchev–Trinajstić information content (AvgIpc) is 2.10. The van der Waals surface area contributed by atoms with Crippen LogP contribution in [-0.2, 0) is 4.79 Å². The van der Waals surface area contributed by atoms with Crippen LogP contribution in [-0.4, -0.2) is 10.9 Å². The topological polar surface area (TPSA) is 37.3 Å². The number of ketones is 1. The zero-order chi connectivity index (χ0) is 11.6. The van der Waals surface area contributed by atoms with Crippen LogP contribution >= 0.6 is 0 Å². The Kier molecular flexibility index (Phi) is 3.18. The molecule has 0 radical (unpaired) electrons. The lowest BCUT2D eigenvalue weighted by molar-refractivity contribution is -0.115. The number of rotatable bonds is 2. The number of aliphatic hydroxyl groups excluding tert-OH is 1. The van der Waals surface area contributed by atoms with E-state index in [1.54, 1.807) is 6.08 Å². The molecule has 0 saturated carbocycles. The molecule has 0 fully saturated rings. The SMILES string of the molecule is CC(=O)/C(O)=C/C1=C(C)C=CCC1(C)C. The van der Waals surface area contributed by atoms with Crippen LogP contribution in [0, 0.1) is 5.41 Å². The summed E-state index contributed by atoms with van der Waals surface area (Å²) >= 11 is 0. The molecule has 0 saturated heterocycles. The summed E-state index contributed by atoms with van der Waals surface area (Å²) in [6.07, 6.45) is 6.69. The normalized spacial score (nSPS) is 20.7. The molecule has 0 aromatic rings. The molecule has 82 valence electrons. The first-order chi connectivity index (χ1) is 6.84. The van der Waals surface area contributed by atoms with E-state index in [0.717, 1.165) is 17.6 Å². The standard InChI is InChI=1S/C13H18O2/c1-9-6-5-7-13(3,4)11(9)8-12(15)10(2)14/h5-6,8,15H,7H2,1-4H3/b12-8-. The lowest BCUT2D eigenvalue weighted by atomic mass is 9.75. The fourth-order valence-electron chi connectivity index (χ4n) is 1.81. The number of carbonyl (C=O) groups is 1. The number of allylic oxidation sites excluding steroid dienone is 6. The number of hydrogen-bond acceptors (Lipinski definition) is 2. The fraction of sp³-hybridized carbons (Fsp3) is 0.462. The highest BCUT2D eigenvalue weighted by Crippen LogP contribution is 2.37. The van der Waals surface area contributed by atoms with Gasteiger partial charge in [-0.25, -0.2) is 0 Å². The van der Waals surface area contributed by atoms with Crippen molar-refractivity contribution < 1.29 is 9.90 Å². The van der Waals surface area contributed by atoms with Gasteiger partial charge in [0, 0.05) is 6.92 Å². The van der Waals surface area contributed by atoms with E-state index in [-0.39, 0.29) is 17.0 Å². The first kappa shape index (κ1) is 11.8. The van der Waals surface area contributed by atoms with Gasteiger partial charge in [0.25, 0.3) is 0 Å². The van der Waals surface area contributed by atoms with E-state index < -0.39 is 0 Å². The summed E-state index contributed by atoms with van der Waals surface area (Å²) in [6.45, 7) is 7.59. The summed E-state index contributed by atoms with van der Waals surface area (Å²) < 4.78 is 0. The van der Waals surface area contributed by atoms with Crippen molar-refractivity contribution in [2.75, 3.05) is 0 Å². The Morgan fingerprint density at radius 3 is 2.60 bits per heavy atom. The van der Waals surface area contributed by atoms with Gasteiger partial charge in [0.15, 0.2) is 11.5 Å². The predicted molar refractivity (Wildman–Crippen MR) is 61.6 cm³/mol. The van der Waals surface area contributed by atoms with Crippen molar-refractivity contribution >= 4 is 5.78 Å². The summed E-state index contributed by atoms with van der Waals surface area (Å²) in [7, 11) is 0. The van der Waals surface area contributed by atoms with E-state index in [4.69, 9.17) is 0 Å². The second-order valence-electron chi connectivity index (χ2n) is 4.67. The Balaban J connectivity index is 3.16. The van der Waals surface area contributed by atoms with Gasteiger partial charge in [-0.3, -0.25) is 4.79 Å². The number of hydrogen-bond donors (Lipinski definition) is 1. The molecule has 0 aromatic carbocycles. The van der Waals surface area contributed by atoms with Crippen LogP contribution in [0.4, 0.5) is 0 Å². The quantitative estimate of drug-likeness (QED) is 0.556.